The number of benzene rings is 1. The van der Waals surface area contributed by atoms with Crippen LogP contribution in [0.3, 0.4) is 0 Å². The van der Waals surface area contributed by atoms with Gasteiger partial charge in [-0.2, -0.15) is 0 Å². The Morgan fingerprint density at radius 2 is 2.22 bits per heavy atom. The van der Waals surface area contributed by atoms with E-state index in [2.05, 4.69) is 19.2 Å². The van der Waals surface area contributed by atoms with Gasteiger partial charge in [-0.1, -0.05) is 13.8 Å². The molecule has 1 aliphatic rings. The van der Waals surface area contributed by atoms with Gasteiger partial charge >= 0.3 is 6.03 Å². The molecule has 1 fully saturated rings. The van der Waals surface area contributed by atoms with Gasteiger partial charge in [0.2, 0.25) is 0 Å². The van der Waals surface area contributed by atoms with Crippen LogP contribution in [0.5, 0.6) is 0 Å². The van der Waals surface area contributed by atoms with Crippen molar-refractivity contribution in [1.29, 1.82) is 0 Å². The summed E-state index contributed by atoms with van der Waals surface area (Å²) in [5.41, 5.74) is 0.269. The Morgan fingerprint density at radius 3 is 2.96 bits per heavy atom. The number of hydrogen-bond donors (Lipinski definition) is 1. The zero-order valence-corrected chi connectivity index (χ0v) is 13.6. The van der Waals surface area contributed by atoms with Gasteiger partial charge in [0.05, 0.1) is 19.3 Å². The number of carbonyl (C=O) groups excluding carboxylic acids is 1. The molecule has 1 N–H and O–H groups in total. The average Bonchev–Trinajstić information content (AvgIpc) is 2.50. The molecule has 2 amide bonds. The lowest BCUT2D eigenvalue weighted by Gasteiger charge is -2.36. The molecule has 0 spiro atoms. The lowest BCUT2D eigenvalue weighted by atomic mass is 10.0. The van der Waals surface area contributed by atoms with Crippen LogP contribution in [0.15, 0.2) is 18.2 Å². The highest BCUT2D eigenvalue weighted by molar-refractivity contribution is 5.74. The minimum absolute atomic E-state index is 0.0645. The molecule has 0 radical (unpaired) electrons. The molecule has 2 rings (SSSR count). The molecule has 1 aromatic carbocycles. The van der Waals surface area contributed by atoms with E-state index < -0.39 is 11.6 Å². The lowest BCUT2D eigenvalue weighted by Crippen LogP contribution is -2.53. The van der Waals surface area contributed by atoms with Gasteiger partial charge in [0.15, 0.2) is 0 Å². The second kappa shape index (κ2) is 8.24. The molecule has 23 heavy (non-hydrogen) atoms. The predicted octanol–water partition coefficient (Wildman–Crippen LogP) is 2.96. The maximum atomic E-state index is 13.5. The Balaban J connectivity index is 1.86. The van der Waals surface area contributed by atoms with Gasteiger partial charge in [-0.25, -0.2) is 13.6 Å². The van der Waals surface area contributed by atoms with Crippen molar-refractivity contribution in [2.24, 2.45) is 5.92 Å². The van der Waals surface area contributed by atoms with Crippen LogP contribution in [-0.4, -0.2) is 43.3 Å². The van der Waals surface area contributed by atoms with Gasteiger partial charge in [0.25, 0.3) is 0 Å². The predicted molar refractivity (Wildman–Crippen MR) is 84.2 cm³/mol. The van der Waals surface area contributed by atoms with Gasteiger partial charge in [-0.05, 0) is 42.5 Å². The summed E-state index contributed by atoms with van der Waals surface area (Å²) in [5, 5.41) is 2.79. The van der Waals surface area contributed by atoms with E-state index >= 15 is 0 Å². The number of amides is 2. The Labute approximate surface area is 135 Å². The van der Waals surface area contributed by atoms with Crippen LogP contribution in [0.25, 0.3) is 0 Å². The third-order valence-electron chi connectivity index (χ3n) is 3.91. The van der Waals surface area contributed by atoms with E-state index in [-0.39, 0.29) is 30.6 Å². The molecule has 0 aromatic heterocycles. The van der Waals surface area contributed by atoms with E-state index in [0.717, 1.165) is 24.6 Å². The summed E-state index contributed by atoms with van der Waals surface area (Å²) < 4.78 is 32.1. The van der Waals surface area contributed by atoms with Crippen molar-refractivity contribution in [1.82, 2.24) is 10.2 Å². The summed E-state index contributed by atoms with van der Waals surface area (Å²) in [7, 11) is 0. The number of morpholine rings is 1. The third-order valence-corrected chi connectivity index (χ3v) is 3.91. The molecule has 0 bridgehead atoms. The fourth-order valence-electron chi connectivity index (χ4n) is 2.80. The summed E-state index contributed by atoms with van der Waals surface area (Å²) in [6.45, 7) is 6.11. The minimum atomic E-state index is -0.474. The van der Waals surface area contributed by atoms with E-state index in [1.54, 1.807) is 4.90 Å². The van der Waals surface area contributed by atoms with Crippen molar-refractivity contribution in [3.05, 3.63) is 35.4 Å². The number of rotatable bonds is 5. The fraction of sp³-hybridized carbons (Fsp3) is 0.588. The smallest absolute Gasteiger partial charge is 0.317 e. The SMILES string of the molecule is CC(C)C[C@H]1COCCN1C(=O)NCCc1cc(F)ccc1F. The summed E-state index contributed by atoms with van der Waals surface area (Å²) in [4.78, 5) is 14.1. The number of nitrogens with zero attached hydrogens (tertiary/aromatic N) is 1. The standard InChI is InChI=1S/C17H24F2N2O2/c1-12(2)9-15-11-23-8-7-21(15)17(22)20-6-5-13-10-14(18)3-4-16(13)19/h3-4,10,12,15H,5-9,11H2,1-2H3,(H,20,22)/t15-/m0/s1. The van der Waals surface area contributed by atoms with Crippen LogP contribution in [0.2, 0.25) is 0 Å². The zero-order valence-electron chi connectivity index (χ0n) is 13.6. The first-order valence-corrected chi connectivity index (χ1v) is 8.03. The van der Waals surface area contributed by atoms with E-state index in [1.807, 2.05) is 0 Å². The molecular formula is C17H24F2N2O2. The number of nitrogens with one attached hydrogen (secondary N) is 1. The molecule has 0 aliphatic carbocycles. The molecule has 1 aromatic rings. The van der Waals surface area contributed by atoms with Gasteiger partial charge < -0.3 is 15.0 Å². The Hall–Kier alpha value is -1.69. The quantitative estimate of drug-likeness (QED) is 0.904. The van der Waals surface area contributed by atoms with Crippen LogP contribution >= 0.6 is 0 Å². The molecule has 1 aliphatic heterocycles. The highest BCUT2D eigenvalue weighted by Crippen LogP contribution is 2.16. The maximum absolute atomic E-state index is 13.5. The van der Waals surface area contributed by atoms with E-state index in [0.29, 0.717) is 25.7 Å². The number of urea groups is 1. The lowest BCUT2D eigenvalue weighted by molar-refractivity contribution is 0.00564. The first kappa shape index (κ1) is 17.7. The van der Waals surface area contributed by atoms with Crippen LogP contribution in [-0.2, 0) is 11.2 Å². The number of ether oxygens (including phenoxy) is 1. The molecule has 6 heteroatoms. The molecule has 1 atom stereocenters. The van der Waals surface area contributed by atoms with Crippen LogP contribution in [0.4, 0.5) is 13.6 Å². The number of carbonyl (C=O) groups is 1. The summed E-state index contributed by atoms with van der Waals surface area (Å²) in [5.74, 6) is -0.457. The largest absolute Gasteiger partial charge is 0.377 e. The van der Waals surface area contributed by atoms with Crippen LogP contribution in [0.1, 0.15) is 25.8 Å². The first-order valence-electron chi connectivity index (χ1n) is 8.03. The molecule has 4 nitrogen and oxygen atoms in total. The van der Waals surface area contributed by atoms with Crippen molar-refractivity contribution in [2.45, 2.75) is 32.7 Å². The minimum Gasteiger partial charge on any atom is -0.377 e. The van der Waals surface area contributed by atoms with Crippen LogP contribution < -0.4 is 5.32 Å². The molecule has 0 saturated carbocycles. The van der Waals surface area contributed by atoms with E-state index in [1.165, 1.54) is 0 Å². The molecule has 128 valence electrons. The second-order valence-corrected chi connectivity index (χ2v) is 6.27. The Morgan fingerprint density at radius 1 is 1.43 bits per heavy atom. The topological polar surface area (TPSA) is 41.6 Å². The average molecular weight is 326 g/mol. The zero-order chi connectivity index (χ0) is 16.8. The Bertz CT molecular complexity index is 537. The van der Waals surface area contributed by atoms with Crippen molar-refractivity contribution in [3.8, 4) is 0 Å². The second-order valence-electron chi connectivity index (χ2n) is 6.27. The maximum Gasteiger partial charge on any atom is 0.317 e. The summed E-state index contributed by atoms with van der Waals surface area (Å²) in [6, 6.07) is 3.25. The van der Waals surface area contributed by atoms with Crippen molar-refractivity contribution in [2.75, 3.05) is 26.3 Å². The van der Waals surface area contributed by atoms with Crippen LogP contribution in [0, 0.1) is 17.6 Å². The first-order chi connectivity index (χ1) is 11.0. The summed E-state index contributed by atoms with van der Waals surface area (Å²) in [6.07, 6.45) is 1.14. The highest BCUT2D eigenvalue weighted by atomic mass is 19.1. The Kier molecular flexibility index (Phi) is 6.33. The molecular weight excluding hydrogens is 302 g/mol. The third kappa shape index (κ3) is 5.16. The van der Waals surface area contributed by atoms with Gasteiger partial charge in [0.1, 0.15) is 11.6 Å². The van der Waals surface area contributed by atoms with Crippen molar-refractivity contribution < 1.29 is 18.3 Å². The molecule has 1 heterocycles. The van der Waals surface area contributed by atoms with Gasteiger partial charge in [0, 0.05) is 13.1 Å². The van der Waals surface area contributed by atoms with Crippen molar-refractivity contribution >= 4 is 6.03 Å². The normalized spacial score (nSPS) is 18.3. The summed E-state index contributed by atoms with van der Waals surface area (Å²) >= 11 is 0. The number of hydrogen-bond acceptors (Lipinski definition) is 2. The van der Waals surface area contributed by atoms with E-state index in [9.17, 15) is 13.6 Å². The van der Waals surface area contributed by atoms with Crippen molar-refractivity contribution in [3.63, 3.8) is 0 Å². The molecule has 0 unspecified atom stereocenters. The molecule has 1 saturated heterocycles. The van der Waals surface area contributed by atoms with Gasteiger partial charge in [-0.3, -0.25) is 0 Å². The highest BCUT2D eigenvalue weighted by Gasteiger charge is 2.27. The fourth-order valence-corrected chi connectivity index (χ4v) is 2.80. The van der Waals surface area contributed by atoms with E-state index in [4.69, 9.17) is 4.74 Å². The van der Waals surface area contributed by atoms with Gasteiger partial charge in [-0.15, -0.1) is 0 Å². The monoisotopic (exact) mass is 326 g/mol. The number of halogens is 2.